The van der Waals surface area contributed by atoms with E-state index in [1.54, 1.807) is 13.0 Å². The van der Waals surface area contributed by atoms with Crippen molar-refractivity contribution in [3.8, 4) is 11.8 Å². The normalized spacial score (nSPS) is 12.9. The van der Waals surface area contributed by atoms with Crippen LogP contribution in [0.2, 0.25) is 0 Å². The molecular weight excluding hydrogens is 247 g/mol. The van der Waals surface area contributed by atoms with Gasteiger partial charge < -0.3 is 9.84 Å². The number of hydrogen-bond donors (Lipinski definition) is 1. The van der Waals surface area contributed by atoms with Gasteiger partial charge in [0, 0.05) is 12.5 Å². The van der Waals surface area contributed by atoms with Crippen LogP contribution in [0.3, 0.4) is 0 Å². The number of aliphatic hydroxyl groups excluding tert-OH is 1. The van der Waals surface area contributed by atoms with E-state index in [1.165, 1.54) is 6.07 Å². The Labute approximate surface area is 102 Å². The molecule has 3 nitrogen and oxygen atoms in total. The summed E-state index contributed by atoms with van der Waals surface area (Å²) in [6.07, 6.45) is -4.58. The first kappa shape index (κ1) is 14.3. The number of aliphatic hydroxyl groups is 1. The summed E-state index contributed by atoms with van der Waals surface area (Å²) in [5.74, 6) is -0.594. The van der Waals surface area contributed by atoms with E-state index in [0.717, 1.165) is 12.1 Å². The Balaban J connectivity index is 3.01. The molecule has 0 aliphatic rings. The minimum atomic E-state index is -4.58. The van der Waals surface area contributed by atoms with E-state index >= 15 is 0 Å². The van der Waals surface area contributed by atoms with Crippen LogP contribution < -0.4 is 4.74 Å². The molecule has 1 N–H and O–H groups in total. The fraction of sp³-hybridized carbons (Fsp3) is 0.417. The van der Waals surface area contributed by atoms with E-state index in [1.807, 2.05) is 0 Å². The highest BCUT2D eigenvalue weighted by molar-refractivity contribution is 5.43. The molecule has 0 aliphatic heterocycles. The van der Waals surface area contributed by atoms with E-state index in [2.05, 4.69) is 0 Å². The van der Waals surface area contributed by atoms with Crippen LogP contribution in [0.15, 0.2) is 18.2 Å². The highest BCUT2D eigenvalue weighted by Gasteiger charge is 2.34. The number of rotatable bonds is 4. The molecule has 1 unspecified atom stereocenters. The van der Waals surface area contributed by atoms with E-state index in [4.69, 9.17) is 15.1 Å². The van der Waals surface area contributed by atoms with Crippen molar-refractivity contribution in [3.05, 3.63) is 29.3 Å². The summed E-state index contributed by atoms with van der Waals surface area (Å²) >= 11 is 0. The Morgan fingerprint density at radius 3 is 2.61 bits per heavy atom. The smallest absolute Gasteiger partial charge is 0.420 e. The van der Waals surface area contributed by atoms with Crippen molar-refractivity contribution in [1.82, 2.24) is 0 Å². The molecule has 6 heteroatoms. The molecule has 0 saturated carbocycles. The molecule has 98 valence electrons. The van der Waals surface area contributed by atoms with E-state index in [0.29, 0.717) is 0 Å². The van der Waals surface area contributed by atoms with Crippen molar-refractivity contribution in [3.63, 3.8) is 0 Å². The average Bonchev–Trinajstić information content (AvgIpc) is 2.34. The highest BCUT2D eigenvalue weighted by Crippen LogP contribution is 2.36. The second-order valence-corrected chi connectivity index (χ2v) is 3.92. The Kier molecular flexibility index (Phi) is 4.56. The van der Waals surface area contributed by atoms with Gasteiger partial charge in [-0.05, 0) is 18.2 Å². The zero-order valence-electron chi connectivity index (χ0n) is 9.66. The summed E-state index contributed by atoms with van der Waals surface area (Å²) in [6, 6.07) is 4.77. The minimum absolute atomic E-state index is 0.0223. The van der Waals surface area contributed by atoms with E-state index in [9.17, 15) is 13.2 Å². The van der Waals surface area contributed by atoms with Gasteiger partial charge in [0.15, 0.2) is 0 Å². The molecule has 1 atom stereocenters. The fourth-order valence-corrected chi connectivity index (χ4v) is 1.23. The zero-order valence-corrected chi connectivity index (χ0v) is 9.66. The maximum Gasteiger partial charge on any atom is 0.420 e. The van der Waals surface area contributed by atoms with Crippen LogP contribution >= 0.6 is 0 Å². The number of alkyl halides is 3. The standard InChI is InChI=1S/C12H12F3NO2/c1-8(6-17)7-18-11-3-2-9(5-16)4-10(11)12(13,14)15/h2-4,8,17H,6-7H2,1H3. The predicted octanol–water partition coefficient (Wildman–Crippen LogP) is 2.58. The third-order valence-electron chi connectivity index (χ3n) is 2.25. The monoisotopic (exact) mass is 259 g/mol. The van der Waals surface area contributed by atoms with Crippen LogP contribution in [0.25, 0.3) is 0 Å². The van der Waals surface area contributed by atoms with Gasteiger partial charge in [-0.3, -0.25) is 0 Å². The Morgan fingerprint density at radius 2 is 2.11 bits per heavy atom. The molecule has 1 aromatic rings. The molecule has 0 radical (unpaired) electrons. The van der Waals surface area contributed by atoms with Gasteiger partial charge in [-0.2, -0.15) is 18.4 Å². The Hall–Kier alpha value is -1.74. The van der Waals surface area contributed by atoms with Crippen molar-refractivity contribution >= 4 is 0 Å². The predicted molar refractivity (Wildman–Crippen MR) is 57.9 cm³/mol. The third-order valence-corrected chi connectivity index (χ3v) is 2.25. The number of ether oxygens (including phenoxy) is 1. The van der Waals surface area contributed by atoms with Gasteiger partial charge in [0.25, 0.3) is 0 Å². The third kappa shape index (κ3) is 3.64. The lowest BCUT2D eigenvalue weighted by molar-refractivity contribution is -0.139. The number of hydrogen-bond acceptors (Lipinski definition) is 3. The lowest BCUT2D eigenvalue weighted by atomic mass is 10.1. The highest BCUT2D eigenvalue weighted by atomic mass is 19.4. The first-order valence-corrected chi connectivity index (χ1v) is 5.23. The summed E-state index contributed by atoms with van der Waals surface area (Å²) in [4.78, 5) is 0. The molecule has 0 aliphatic carbocycles. The van der Waals surface area contributed by atoms with Crippen molar-refractivity contribution in [2.24, 2.45) is 5.92 Å². The summed E-state index contributed by atoms with van der Waals surface area (Å²) in [7, 11) is 0. The van der Waals surface area contributed by atoms with Crippen LogP contribution in [-0.4, -0.2) is 18.3 Å². The van der Waals surface area contributed by atoms with Gasteiger partial charge in [-0.15, -0.1) is 0 Å². The lowest BCUT2D eigenvalue weighted by Crippen LogP contribution is -2.15. The maximum atomic E-state index is 12.7. The van der Waals surface area contributed by atoms with Gasteiger partial charge in [-0.1, -0.05) is 6.92 Å². The van der Waals surface area contributed by atoms with Crippen LogP contribution in [0.1, 0.15) is 18.1 Å². The minimum Gasteiger partial charge on any atom is -0.493 e. The zero-order chi connectivity index (χ0) is 13.8. The van der Waals surface area contributed by atoms with E-state index in [-0.39, 0.29) is 30.4 Å². The average molecular weight is 259 g/mol. The number of benzene rings is 1. The van der Waals surface area contributed by atoms with Gasteiger partial charge in [0.05, 0.1) is 23.8 Å². The summed E-state index contributed by atoms with van der Waals surface area (Å²) in [6.45, 7) is 1.46. The molecule has 1 rings (SSSR count). The summed E-state index contributed by atoms with van der Waals surface area (Å²) < 4.78 is 43.2. The van der Waals surface area contributed by atoms with Crippen molar-refractivity contribution in [1.29, 1.82) is 5.26 Å². The van der Waals surface area contributed by atoms with Gasteiger partial charge in [-0.25, -0.2) is 0 Å². The second-order valence-electron chi connectivity index (χ2n) is 3.92. The SMILES string of the molecule is CC(CO)COc1ccc(C#N)cc1C(F)(F)F. The molecule has 0 spiro atoms. The molecule has 0 heterocycles. The second kappa shape index (κ2) is 5.74. The number of halogens is 3. The molecule has 1 aromatic carbocycles. The molecule has 0 aromatic heterocycles. The topological polar surface area (TPSA) is 53.2 Å². The van der Waals surface area contributed by atoms with Gasteiger partial charge in [0.1, 0.15) is 5.75 Å². The van der Waals surface area contributed by atoms with Gasteiger partial charge in [0.2, 0.25) is 0 Å². The number of nitrogens with zero attached hydrogens (tertiary/aromatic N) is 1. The van der Waals surface area contributed by atoms with Crippen LogP contribution in [0.4, 0.5) is 13.2 Å². The Bertz CT molecular complexity index is 452. The first-order chi connectivity index (χ1) is 8.38. The molecule has 0 amide bonds. The first-order valence-electron chi connectivity index (χ1n) is 5.23. The van der Waals surface area contributed by atoms with Crippen LogP contribution in [0.5, 0.6) is 5.75 Å². The Morgan fingerprint density at radius 1 is 1.44 bits per heavy atom. The molecule has 0 saturated heterocycles. The lowest BCUT2D eigenvalue weighted by Gasteiger charge is -2.16. The molecule has 0 bridgehead atoms. The molecule has 0 fully saturated rings. The van der Waals surface area contributed by atoms with Crippen LogP contribution in [-0.2, 0) is 6.18 Å². The van der Waals surface area contributed by atoms with Crippen molar-refractivity contribution in [2.45, 2.75) is 13.1 Å². The van der Waals surface area contributed by atoms with Crippen molar-refractivity contribution in [2.75, 3.05) is 13.2 Å². The van der Waals surface area contributed by atoms with Crippen molar-refractivity contribution < 1.29 is 23.0 Å². The fourth-order valence-electron chi connectivity index (χ4n) is 1.23. The molecule has 18 heavy (non-hydrogen) atoms. The largest absolute Gasteiger partial charge is 0.493 e. The maximum absolute atomic E-state index is 12.7. The van der Waals surface area contributed by atoms with Gasteiger partial charge >= 0.3 is 6.18 Å². The summed E-state index contributed by atoms with van der Waals surface area (Å²) in [5.41, 5.74) is -1.06. The molecular formula is C12H12F3NO2. The van der Waals surface area contributed by atoms with E-state index < -0.39 is 11.7 Å². The summed E-state index contributed by atoms with van der Waals surface area (Å²) in [5, 5.41) is 17.4. The number of nitriles is 1. The van der Waals surface area contributed by atoms with Crippen LogP contribution in [0, 0.1) is 17.2 Å². The quantitative estimate of drug-likeness (QED) is 0.904.